The highest BCUT2D eigenvalue weighted by Gasteiger charge is 2.50. The van der Waals surface area contributed by atoms with Gasteiger partial charge in [0, 0.05) is 57.1 Å². The summed E-state index contributed by atoms with van der Waals surface area (Å²) in [5.41, 5.74) is 3.96. The molecule has 0 spiro atoms. The van der Waals surface area contributed by atoms with Crippen LogP contribution >= 0.6 is 7.60 Å². The van der Waals surface area contributed by atoms with E-state index in [1.165, 1.54) is 25.9 Å². The normalized spacial score (nSPS) is 19.2. The van der Waals surface area contributed by atoms with E-state index in [9.17, 15) is 66.3 Å². The number of allylic oxidation sites excluding steroid dienone is 1. The smallest absolute Gasteiger partial charge is 0.370 e. The van der Waals surface area contributed by atoms with Crippen LogP contribution in [0.25, 0.3) is 16.6 Å². The maximum atomic E-state index is 15.0. The standard InChI is InChI=1S/C59H68F2N9O12P/c1-36(38-20-22-41(23-21-38)59(60,61)83(80,81)82)33-51(73)63-44-35-68(52(74)18-12-4-3-7-13-37-19-26-45-48(34-37)67(2)58(79)70(45)47-28-30-50(72)65-56(47)77)32-31-42-24-27-46(69(42)57(44)78)55(76)64-43(25-29-49(62)71)54(75)66-53(39-14-8-5-9-15-39)40-16-10-6-11-17-40/h5-6,8-11,14-17,19-23,26,33-34,42-44,46-47,53H,3-4,7,12-13,18,24-25,27-32,35H2,1-2H3,(H2,62,71)(H,63,73)(H,64,76)(H,66,75)(H,65,72,77)(H2,80,81,82)/b36-33+/t42-,43+,44+,46+,47?/m1/s1. The van der Waals surface area contributed by atoms with Gasteiger partial charge in [0.15, 0.2) is 0 Å². The highest BCUT2D eigenvalue weighted by Crippen LogP contribution is 2.59. The van der Waals surface area contributed by atoms with E-state index in [1.54, 1.807) is 13.1 Å². The second-order valence-corrected chi connectivity index (χ2v) is 23.1. The van der Waals surface area contributed by atoms with Crippen molar-refractivity contribution in [1.29, 1.82) is 0 Å². The van der Waals surface area contributed by atoms with Crippen molar-refractivity contribution in [2.24, 2.45) is 12.8 Å². The summed E-state index contributed by atoms with van der Waals surface area (Å²) < 4.78 is 43.3. The number of hydrogen-bond acceptors (Lipinski definition) is 10. The molecular weight excluding hydrogens is 1100 g/mol. The number of benzene rings is 4. The van der Waals surface area contributed by atoms with Crippen LogP contribution in [0, 0.1) is 0 Å². The van der Waals surface area contributed by atoms with Gasteiger partial charge in [-0.2, -0.15) is 8.78 Å². The van der Waals surface area contributed by atoms with Crippen molar-refractivity contribution in [3.05, 3.63) is 148 Å². The number of unbranched alkanes of at least 4 members (excludes halogenated alkanes) is 3. The molecule has 83 heavy (non-hydrogen) atoms. The first-order valence-electron chi connectivity index (χ1n) is 27.7. The molecule has 24 heteroatoms. The first-order valence-corrected chi connectivity index (χ1v) is 29.3. The third-order valence-electron chi connectivity index (χ3n) is 15.7. The number of rotatable bonds is 22. The lowest BCUT2D eigenvalue weighted by Gasteiger charge is -2.39. The number of nitrogens with one attached hydrogen (secondary N) is 4. The van der Waals surface area contributed by atoms with Crippen LogP contribution in [0.5, 0.6) is 0 Å². The number of halogens is 2. The van der Waals surface area contributed by atoms with Crippen molar-refractivity contribution in [2.45, 2.75) is 132 Å². The van der Waals surface area contributed by atoms with Crippen LogP contribution < -0.4 is 32.7 Å². The summed E-state index contributed by atoms with van der Waals surface area (Å²) in [7, 11) is -4.22. The fraction of sp³-hybridized carbons (Fsp3) is 0.407. The van der Waals surface area contributed by atoms with E-state index in [1.807, 2.05) is 72.8 Å². The molecule has 8 rings (SSSR count). The molecule has 4 heterocycles. The predicted molar refractivity (Wildman–Crippen MR) is 301 cm³/mol. The van der Waals surface area contributed by atoms with Gasteiger partial charge in [-0.1, -0.05) is 104 Å². The minimum Gasteiger partial charge on any atom is -0.370 e. The summed E-state index contributed by atoms with van der Waals surface area (Å²) in [4.78, 5) is 143. The average Bonchev–Trinajstić information content (AvgIpc) is 3.76. The van der Waals surface area contributed by atoms with Gasteiger partial charge in [-0.05, 0) is 98.2 Å². The molecule has 1 unspecified atom stereocenters. The lowest BCUT2D eigenvalue weighted by atomic mass is 9.98. The first-order chi connectivity index (χ1) is 39.5. The number of amides is 8. The van der Waals surface area contributed by atoms with Gasteiger partial charge in [-0.3, -0.25) is 57.4 Å². The third-order valence-corrected chi connectivity index (χ3v) is 16.7. The van der Waals surface area contributed by atoms with Crippen molar-refractivity contribution in [3.63, 3.8) is 0 Å². The largest absolute Gasteiger partial charge is 0.399 e. The van der Waals surface area contributed by atoms with Gasteiger partial charge < -0.3 is 41.3 Å². The number of carbonyl (C=O) groups is 8. The zero-order valence-electron chi connectivity index (χ0n) is 46.0. The van der Waals surface area contributed by atoms with E-state index in [-0.39, 0.29) is 86.7 Å². The second-order valence-electron chi connectivity index (χ2n) is 21.4. The van der Waals surface area contributed by atoms with Crippen LogP contribution in [-0.2, 0) is 62.1 Å². The Bertz CT molecular complexity index is 3360. The van der Waals surface area contributed by atoms with E-state index in [4.69, 9.17) is 5.73 Å². The van der Waals surface area contributed by atoms with E-state index in [2.05, 4.69) is 21.3 Å². The molecule has 3 aliphatic heterocycles. The van der Waals surface area contributed by atoms with E-state index in [0.717, 1.165) is 59.9 Å². The molecule has 0 saturated carbocycles. The van der Waals surface area contributed by atoms with Crippen molar-refractivity contribution in [3.8, 4) is 0 Å². The number of imidazole rings is 1. The number of aromatic nitrogens is 2. The maximum Gasteiger partial charge on any atom is 0.399 e. The number of fused-ring (bicyclic) bond motifs is 2. The molecule has 4 aromatic carbocycles. The molecule has 1 aromatic heterocycles. The Morgan fingerprint density at radius 1 is 0.819 bits per heavy atom. The van der Waals surface area contributed by atoms with Gasteiger partial charge in [0.25, 0.3) is 0 Å². The zero-order chi connectivity index (χ0) is 59.8. The van der Waals surface area contributed by atoms with Crippen molar-refractivity contribution in [1.82, 2.24) is 40.2 Å². The SMILES string of the molecule is C/C(=C\C(=O)N[C@H]1CN(C(=O)CCCCCCc2ccc3c(c2)n(C)c(=O)n3C2CCC(=O)NC2=O)CC[C@H]2CC[C@@H](C(=O)N[C@@H](CCC(N)=O)C(=O)NC(c3ccccc3)c3ccccc3)N2C1=O)c1ccc(C(F)(F)P(=O)(O)O)cc1. The molecule has 5 aromatic rings. The molecule has 3 aliphatic rings. The Kier molecular flexibility index (Phi) is 19.4. The molecule has 0 bridgehead atoms. The van der Waals surface area contributed by atoms with Gasteiger partial charge in [0.2, 0.25) is 47.3 Å². The second kappa shape index (κ2) is 26.4. The van der Waals surface area contributed by atoms with Gasteiger partial charge in [0.1, 0.15) is 24.2 Å². The van der Waals surface area contributed by atoms with Crippen molar-refractivity contribution >= 4 is 71.5 Å². The highest BCUT2D eigenvalue weighted by atomic mass is 31.2. The number of alkyl halides is 2. The molecule has 0 radical (unpaired) electrons. The molecule has 8 N–H and O–H groups in total. The highest BCUT2D eigenvalue weighted by molar-refractivity contribution is 7.52. The fourth-order valence-corrected chi connectivity index (χ4v) is 11.7. The average molecular weight is 1160 g/mol. The minimum atomic E-state index is -5.86. The molecule has 440 valence electrons. The number of nitrogens with zero attached hydrogens (tertiary/aromatic N) is 4. The Morgan fingerprint density at radius 2 is 1.48 bits per heavy atom. The summed E-state index contributed by atoms with van der Waals surface area (Å²) >= 11 is 0. The minimum absolute atomic E-state index is 0.121. The lowest BCUT2D eigenvalue weighted by Crippen LogP contribution is -2.62. The molecule has 5 atom stereocenters. The van der Waals surface area contributed by atoms with Crippen molar-refractivity contribution < 1.29 is 61.5 Å². The quantitative estimate of drug-likeness (QED) is 0.0211. The number of primary amides is 1. The molecule has 0 aliphatic carbocycles. The molecular formula is C59H68F2N9O12P. The van der Waals surface area contributed by atoms with Crippen LogP contribution in [0.1, 0.15) is 124 Å². The Labute approximate surface area is 477 Å². The summed E-state index contributed by atoms with van der Waals surface area (Å²) in [5.74, 6) is -4.63. The monoisotopic (exact) mass is 1160 g/mol. The molecule has 21 nitrogen and oxygen atoms in total. The molecule has 3 fully saturated rings. The summed E-state index contributed by atoms with van der Waals surface area (Å²) in [6, 6.07) is 22.1. The van der Waals surface area contributed by atoms with E-state index >= 15 is 0 Å². The Morgan fingerprint density at radius 3 is 2.12 bits per heavy atom. The number of aryl methyl sites for hydroxylation is 2. The third kappa shape index (κ3) is 14.4. The number of carbonyl (C=O) groups excluding carboxylic acids is 8. The Balaban J connectivity index is 0.952. The van der Waals surface area contributed by atoms with Crippen LogP contribution in [0.15, 0.2) is 114 Å². The predicted octanol–water partition coefficient (Wildman–Crippen LogP) is 4.87. The van der Waals surface area contributed by atoms with Crippen molar-refractivity contribution in [2.75, 3.05) is 13.1 Å². The number of nitrogens with two attached hydrogens (primary N) is 1. The van der Waals surface area contributed by atoms with E-state index < -0.39 is 90.5 Å². The number of hydrogen-bond donors (Lipinski definition) is 7. The van der Waals surface area contributed by atoms with Crippen LogP contribution in [0.4, 0.5) is 8.78 Å². The van der Waals surface area contributed by atoms with Crippen LogP contribution in [-0.4, -0.2) is 113 Å². The number of piperidine rings is 1. The molecule has 3 saturated heterocycles. The van der Waals surface area contributed by atoms with Gasteiger partial charge in [-0.15, -0.1) is 0 Å². The van der Waals surface area contributed by atoms with Gasteiger partial charge in [0.05, 0.1) is 17.1 Å². The van der Waals surface area contributed by atoms with E-state index in [0.29, 0.717) is 36.7 Å². The fourth-order valence-electron chi connectivity index (χ4n) is 11.2. The number of imide groups is 1. The summed E-state index contributed by atoms with van der Waals surface area (Å²) in [5, 5.41) is 10.8. The van der Waals surface area contributed by atoms with Crippen LogP contribution in [0.2, 0.25) is 0 Å². The lowest BCUT2D eigenvalue weighted by molar-refractivity contribution is -0.147. The Hall–Kier alpha value is -8.14. The summed E-state index contributed by atoms with van der Waals surface area (Å²) in [6.45, 7) is 1.37. The van der Waals surface area contributed by atoms with Gasteiger partial charge in [-0.25, -0.2) is 4.79 Å². The summed E-state index contributed by atoms with van der Waals surface area (Å²) in [6.07, 6.45) is 5.32. The maximum absolute atomic E-state index is 15.0. The molecule has 8 amide bonds. The van der Waals surface area contributed by atoms with Gasteiger partial charge >= 0.3 is 18.9 Å². The first kappa shape index (κ1) is 60.9. The van der Waals surface area contributed by atoms with Crippen LogP contribution in [0.3, 0.4) is 0 Å². The topological polar surface area (TPSA) is 302 Å². The zero-order valence-corrected chi connectivity index (χ0v) is 46.9.